The molecule has 0 radical (unpaired) electrons. The van der Waals surface area contributed by atoms with E-state index in [0.717, 1.165) is 0 Å². The van der Waals surface area contributed by atoms with Crippen LogP contribution in [0.3, 0.4) is 0 Å². The minimum Gasteiger partial charge on any atom is -0.466 e. The van der Waals surface area contributed by atoms with E-state index in [1.165, 1.54) is 25.6 Å². The first-order valence-electron chi connectivity index (χ1n) is 5.56. The molecule has 0 fully saturated rings. The van der Waals surface area contributed by atoms with E-state index in [1.54, 1.807) is 6.92 Å². The molecule has 0 saturated carbocycles. The maximum absolute atomic E-state index is 11.6. The number of esters is 2. The summed E-state index contributed by atoms with van der Waals surface area (Å²) in [5.41, 5.74) is 0.346. The van der Waals surface area contributed by atoms with Crippen LogP contribution in [0.4, 0.5) is 5.69 Å². The topological polar surface area (TPSA) is 94.6 Å². The van der Waals surface area contributed by atoms with Gasteiger partial charge in [-0.25, -0.2) is 4.79 Å². The molecule has 1 rings (SSSR count). The number of carbonyl (C=O) groups is 3. The molecule has 0 aliphatic carbocycles. The van der Waals surface area contributed by atoms with Gasteiger partial charge in [-0.1, -0.05) is 0 Å². The van der Waals surface area contributed by atoms with Gasteiger partial charge >= 0.3 is 11.9 Å². The van der Waals surface area contributed by atoms with Crippen LogP contribution in [0, 0.1) is 0 Å². The highest BCUT2D eigenvalue weighted by atomic mass is 16.5. The predicted molar refractivity (Wildman–Crippen MR) is 65.5 cm³/mol. The number of ether oxygens (including phenoxy) is 2. The van der Waals surface area contributed by atoms with Crippen molar-refractivity contribution in [2.24, 2.45) is 0 Å². The summed E-state index contributed by atoms with van der Waals surface area (Å²) in [6.07, 6.45) is 2.27. The molecule has 102 valence electrons. The monoisotopic (exact) mass is 266 g/mol. The van der Waals surface area contributed by atoms with E-state index in [1.807, 2.05) is 0 Å². The standard InChI is InChI=1S/C12H14N2O5/c1-3-19-11(16)6-10(15)14-9-7-13-5-4-8(9)12(17)18-2/h4-5,7H,3,6H2,1-2H3,(H,14,15). The Kier molecular flexibility index (Phi) is 5.46. The molecule has 0 saturated heterocycles. The van der Waals surface area contributed by atoms with Crippen molar-refractivity contribution >= 4 is 23.5 Å². The number of nitrogens with one attached hydrogen (secondary N) is 1. The van der Waals surface area contributed by atoms with Gasteiger partial charge in [0, 0.05) is 6.20 Å². The summed E-state index contributed by atoms with van der Waals surface area (Å²) >= 11 is 0. The lowest BCUT2D eigenvalue weighted by Gasteiger charge is -2.08. The van der Waals surface area contributed by atoms with Crippen molar-refractivity contribution in [3.8, 4) is 0 Å². The van der Waals surface area contributed by atoms with Gasteiger partial charge in [0.1, 0.15) is 6.42 Å². The van der Waals surface area contributed by atoms with E-state index in [-0.39, 0.29) is 17.9 Å². The highest BCUT2D eigenvalue weighted by Gasteiger charge is 2.16. The SMILES string of the molecule is CCOC(=O)CC(=O)Nc1cnccc1C(=O)OC. The number of aromatic nitrogens is 1. The Labute approximate surface area is 109 Å². The van der Waals surface area contributed by atoms with Crippen molar-refractivity contribution < 1.29 is 23.9 Å². The van der Waals surface area contributed by atoms with Crippen LogP contribution in [0.1, 0.15) is 23.7 Å². The third kappa shape index (κ3) is 4.38. The Balaban J connectivity index is 2.74. The van der Waals surface area contributed by atoms with Gasteiger partial charge in [0.2, 0.25) is 5.91 Å². The smallest absolute Gasteiger partial charge is 0.340 e. The first-order chi connectivity index (χ1) is 9.08. The molecule has 1 amide bonds. The van der Waals surface area contributed by atoms with Crippen LogP contribution in [0.25, 0.3) is 0 Å². The normalized spacial score (nSPS) is 9.58. The zero-order valence-corrected chi connectivity index (χ0v) is 10.6. The van der Waals surface area contributed by atoms with E-state index in [9.17, 15) is 14.4 Å². The number of hydrogen-bond donors (Lipinski definition) is 1. The van der Waals surface area contributed by atoms with Gasteiger partial charge in [0.05, 0.1) is 31.2 Å². The first-order valence-corrected chi connectivity index (χ1v) is 5.56. The molecule has 1 N–H and O–H groups in total. The highest BCUT2D eigenvalue weighted by Crippen LogP contribution is 2.14. The Bertz CT molecular complexity index is 487. The van der Waals surface area contributed by atoms with Gasteiger partial charge in [-0.2, -0.15) is 0 Å². The fraction of sp³-hybridized carbons (Fsp3) is 0.333. The number of nitrogens with zero attached hydrogens (tertiary/aromatic N) is 1. The molecule has 1 aromatic rings. The van der Waals surface area contributed by atoms with Crippen molar-refractivity contribution in [3.63, 3.8) is 0 Å². The maximum atomic E-state index is 11.6. The summed E-state index contributed by atoms with van der Waals surface area (Å²) in [4.78, 5) is 37.9. The number of carbonyl (C=O) groups excluding carboxylic acids is 3. The number of pyridine rings is 1. The predicted octanol–water partition coefficient (Wildman–Crippen LogP) is 0.760. The number of rotatable bonds is 5. The molecule has 19 heavy (non-hydrogen) atoms. The fourth-order valence-electron chi connectivity index (χ4n) is 1.32. The number of anilines is 1. The van der Waals surface area contributed by atoms with Gasteiger partial charge in [-0.3, -0.25) is 14.6 Å². The summed E-state index contributed by atoms with van der Waals surface area (Å²) in [6.45, 7) is 1.85. The zero-order valence-electron chi connectivity index (χ0n) is 10.6. The molecule has 0 aromatic carbocycles. The van der Waals surface area contributed by atoms with Gasteiger partial charge in [0.25, 0.3) is 0 Å². The minimum absolute atomic E-state index is 0.162. The Morgan fingerprint density at radius 3 is 2.74 bits per heavy atom. The molecule has 1 aromatic heterocycles. The molecule has 0 aliphatic rings. The van der Waals surface area contributed by atoms with E-state index >= 15 is 0 Å². The molecular weight excluding hydrogens is 252 g/mol. The Morgan fingerprint density at radius 1 is 1.37 bits per heavy atom. The van der Waals surface area contributed by atoms with Gasteiger partial charge < -0.3 is 14.8 Å². The Hall–Kier alpha value is -2.44. The largest absolute Gasteiger partial charge is 0.466 e. The second-order valence-corrected chi connectivity index (χ2v) is 3.44. The molecule has 0 spiro atoms. The lowest BCUT2D eigenvalue weighted by atomic mass is 10.2. The summed E-state index contributed by atoms with van der Waals surface area (Å²) in [6, 6.07) is 1.41. The average molecular weight is 266 g/mol. The summed E-state index contributed by atoms with van der Waals surface area (Å²) in [5, 5.41) is 2.41. The summed E-state index contributed by atoms with van der Waals surface area (Å²) < 4.78 is 9.21. The van der Waals surface area contributed by atoms with Crippen LogP contribution in [-0.4, -0.2) is 36.5 Å². The third-order valence-corrected chi connectivity index (χ3v) is 2.11. The van der Waals surface area contributed by atoms with E-state index in [4.69, 9.17) is 0 Å². The van der Waals surface area contributed by atoms with Crippen LogP contribution >= 0.6 is 0 Å². The average Bonchev–Trinajstić information content (AvgIpc) is 2.38. The Morgan fingerprint density at radius 2 is 2.11 bits per heavy atom. The van der Waals surface area contributed by atoms with Crippen molar-refractivity contribution in [2.45, 2.75) is 13.3 Å². The van der Waals surface area contributed by atoms with Crippen LogP contribution in [0.15, 0.2) is 18.5 Å². The second-order valence-electron chi connectivity index (χ2n) is 3.44. The van der Waals surface area contributed by atoms with Crippen molar-refractivity contribution in [1.82, 2.24) is 4.98 Å². The summed E-state index contributed by atoms with van der Waals surface area (Å²) in [5.74, 6) is -1.83. The van der Waals surface area contributed by atoms with Crippen LogP contribution in [0.5, 0.6) is 0 Å². The molecule has 0 atom stereocenters. The van der Waals surface area contributed by atoms with E-state index in [2.05, 4.69) is 19.8 Å². The minimum atomic E-state index is -0.636. The van der Waals surface area contributed by atoms with Crippen molar-refractivity contribution in [2.75, 3.05) is 19.0 Å². The van der Waals surface area contributed by atoms with Gasteiger partial charge in [0.15, 0.2) is 0 Å². The quantitative estimate of drug-likeness (QED) is 0.624. The molecular formula is C12H14N2O5. The fourth-order valence-corrected chi connectivity index (χ4v) is 1.32. The number of methoxy groups -OCH3 is 1. The van der Waals surface area contributed by atoms with Gasteiger partial charge in [-0.05, 0) is 13.0 Å². The third-order valence-electron chi connectivity index (χ3n) is 2.11. The summed E-state index contributed by atoms with van der Waals surface area (Å²) in [7, 11) is 1.23. The van der Waals surface area contributed by atoms with E-state index in [0.29, 0.717) is 0 Å². The molecule has 1 heterocycles. The van der Waals surface area contributed by atoms with Crippen molar-refractivity contribution in [3.05, 3.63) is 24.0 Å². The van der Waals surface area contributed by atoms with Gasteiger partial charge in [-0.15, -0.1) is 0 Å². The number of amides is 1. The lowest BCUT2D eigenvalue weighted by Crippen LogP contribution is -2.20. The molecule has 0 unspecified atom stereocenters. The maximum Gasteiger partial charge on any atom is 0.340 e. The van der Waals surface area contributed by atoms with Crippen molar-refractivity contribution in [1.29, 1.82) is 0 Å². The van der Waals surface area contributed by atoms with E-state index < -0.39 is 24.3 Å². The zero-order chi connectivity index (χ0) is 14.3. The molecule has 7 heteroatoms. The van der Waals surface area contributed by atoms with Crippen LogP contribution in [-0.2, 0) is 19.1 Å². The first kappa shape index (κ1) is 14.6. The van der Waals surface area contributed by atoms with Crippen LogP contribution < -0.4 is 5.32 Å². The lowest BCUT2D eigenvalue weighted by molar-refractivity contribution is -0.145. The van der Waals surface area contributed by atoms with Crippen LogP contribution in [0.2, 0.25) is 0 Å². The highest BCUT2D eigenvalue weighted by molar-refractivity contribution is 6.05. The number of hydrogen-bond acceptors (Lipinski definition) is 6. The molecule has 0 bridgehead atoms. The molecule has 7 nitrogen and oxygen atoms in total. The second kappa shape index (κ2) is 7.10. The molecule has 0 aliphatic heterocycles.